The van der Waals surface area contributed by atoms with Gasteiger partial charge in [0.1, 0.15) is 5.69 Å². The fraction of sp³-hybridized carbons (Fsp3) is 0.667. The lowest BCUT2D eigenvalue weighted by Gasteiger charge is -2.35. The van der Waals surface area contributed by atoms with Gasteiger partial charge in [-0.15, -0.1) is 0 Å². The number of carbonyl (C=O) groups excluding carboxylic acids is 2. The molecule has 2 atom stereocenters. The summed E-state index contributed by atoms with van der Waals surface area (Å²) in [6.07, 6.45) is 4.85. The summed E-state index contributed by atoms with van der Waals surface area (Å²) >= 11 is 0. The zero-order valence-electron chi connectivity index (χ0n) is 13.2. The number of aromatic nitrogens is 2. The highest BCUT2D eigenvalue weighted by atomic mass is 16.2. The van der Waals surface area contributed by atoms with Crippen molar-refractivity contribution in [2.24, 2.45) is 0 Å². The Labute approximate surface area is 130 Å². The number of rotatable bonds is 3. The van der Waals surface area contributed by atoms with Crippen molar-refractivity contribution in [3.05, 3.63) is 18.0 Å². The van der Waals surface area contributed by atoms with Crippen molar-refractivity contribution in [2.45, 2.75) is 31.3 Å². The summed E-state index contributed by atoms with van der Waals surface area (Å²) in [4.78, 5) is 27.9. The van der Waals surface area contributed by atoms with Crippen LogP contribution in [0.15, 0.2) is 12.3 Å². The van der Waals surface area contributed by atoms with Crippen LogP contribution in [0.1, 0.15) is 35.8 Å². The largest absolute Gasteiger partial charge is 0.354 e. The highest BCUT2D eigenvalue weighted by Gasteiger charge is 2.36. The summed E-state index contributed by atoms with van der Waals surface area (Å²) in [7, 11) is 3.47. The average molecular weight is 305 g/mol. The van der Waals surface area contributed by atoms with Crippen molar-refractivity contribution >= 4 is 11.8 Å². The third-order valence-corrected chi connectivity index (χ3v) is 4.71. The third-order valence-electron chi connectivity index (χ3n) is 4.71. The monoisotopic (exact) mass is 305 g/mol. The smallest absolute Gasteiger partial charge is 0.271 e. The van der Waals surface area contributed by atoms with Gasteiger partial charge in [0.05, 0.1) is 12.1 Å². The van der Waals surface area contributed by atoms with Crippen molar-refractivity contribution in [3.63, 3.8) is 0 Å². The van der Waals surface area contributed by atoms with E-state index in [1.807, 2.05) is 22.8 Å². The minimum atomic E-state index is -0.168. The lowest BCUT2D eigenvalue weighted by Crippen LogP contribution is -2.46. The fourth-order valence-electron chi connectivity index (χ4n) is 3.42. The molecule has 2 aliphatic heterocycles. The quantitative estimate of drug-likeness (QED) is 0.860. The van der Waals surface area contributed by atoms with Crippen molar-refractivity contribution in [1.29, 1.82) is 0 Å². The molecule has 0 bridgehead atoms. The molecule has 2 aliphatic rings. The molecule has 1 aromatic heterocycles. The van der Waals surface area contributed by atoms with Gasteiger partial charge in [0, 0.05) is 33.4 Å². The predicted octanol–water partition coefficient (Wildman–Crippen LogP) is 0.110. The van der Waals surface area contributed by atoms with E-state index in [4.69, 9.17) is 0 Å². The molecule has 120 valence electrons. The predicted molar refractivity (Wildman–Crippen MR) is 81.5 cm³/mol. The molecule has 0 aliphatic carbocycles. The first-order chi connectivity index (χ1) is 10.6. The summed E-state index contributed by atoms with van der Waals surface area (Å²) in [6.45, 7) is 2.62. The van der Waals surface area contributed by atoms with E-state index in [9.17, 15) is 9.59 Å². The van der Waals surface area contributed by atoms with Gasteiger partial charge in [-0.05, 0) is 31.9 Å². The van der Waals surface area contributed by atoms with E-state index in [-0.39, 0.29) is 23.9 Å². The van der Waals surface area contributed by atoms with Gasteiger partial charge in [0.2, 0.25) is 5.91 Å². The van der Waals surface area contributed by atoms with Crippen LogP contribution in [-0.4, -0.2) is 71.2 Å². The summed E-state index contributed by atoms with van der Waals surface area (Å²) in [6, 6.07) is 1.99. The first-order valence-electron chi connectivity index (χ1n) is 7.86. The third kappa shape index (κ3) is 2.72. The zero-order chi connectivity index (χ0) is 15.7. The first kappa shape index (κ1) is 15.0. The SMILES string of the molecule is CNC(=O)c1ccn([C@H]2CCCN([C@@H]3CCN(C)C3=O)C2)n1. The van der Waals surface area contributed by atoms with Crippen LogP contribution in [-0.2, 0) is 4.79 Å². The molecule has 0 saturated carbocycles. The molecule has 1 N–H and O–H groups in total. The van der Waals surface area contributed by atoms with E-state index in [1.165, 1.54) is 0 Å². The number of hydrogen-bond acceptors (Lipinski definition) is 4. The minimum Gasteiger partial charge on any atom is -0.354 e. The highest BCUT2D eigenvalue weighted by molar-refractivity contribution is 5.91. The van der Waals surface area contributed by atoms with Gasteiger partial charge >= 0.3 is 0 Å². The number of nitrogens with zero attached hydrogens (tertiary/aromatic N) is 4. The van der Waals surface area contributed by atoms with Gasteiger partial charge < -0.3 is 10.2 Å². The molecule has 2 amide bonds. The number of carbonyl (C=O) groups is 2. The van der Waals surface area contributed by atoms with E-state index in [2.05, 4.69) is 15.3 Å². The van der Waals surface area contributed by atoms with Crippen molar-refractivity contribution in [1.82, 2.24) is 24.9 Å². The normalized spacial score (nSPS) is 26.5. The number of piperidine rings is 1. The Balaban J connectivity index is 1.69. The summed E-state index contributed by atoms with van der Waals surface area (Å²) in [5.41, 5.74) is 0.441. The van der Waals surface area contributed by atoms with E-state index in [0.717, 1.165) is 38.9 Å². The second-order valence-electron chi connectivity index (χ2n) is 6.12. The van der Waals surface area contributed by atoms with Crippen LogP contribution < -0.4 is 5.32 Å². The second kappa shape index (κ2) is 6.08. The maximum absolute atomic E-state index is 12.2. The minimum absolute atomic E-state index is 0.0155. The van der Waals surface area contributed by atoms with Crippen molar-refractivity contribution in [2.75, 3.05) is 33.7 Å². The maximum atomic E-state index is 12.2. The van der Waals surface area contributed by atoms with E-state index in [1.54, 1.807) is 13.1 Å². The van der Waals surface area contributed by atoms with Crippen LogP contribution in [0.25, 0.3) is 0 Å². The molecule has 2 fully saturated rings. The highest BCUT2D eigenvalue weighted by Crippen LogP contribution is 2.26. The topological polar surface area (TPSA) is 70.5 Å². The van der Waals surface area contributed by atoms with Crippen molar-refractivity contribution in [3.8, 4) is 0 Å². The van der Waals surface area contributed by atoms with E-state index in [0.29, 0.717) is 5.69 Å². The summed E-state index contributed by atoms with van der Waals surface area (Å²) in [5, 5.41) is 6.97. The van der Waals surface area contributed by atoms with Crippen LogP contribution in [0.5, 0.6) is 0 Å². The number of likely N-dealkylation sites (N-methyl/N-ethyl adjacent to an activating group) is 1. The Morgan fingerprint density at radius 2 is 2.18 bits per heavy atom. The Morgan fingerprint density at radius 1 is 1.36 bits per heavy atom. The molecule has 0 radical (unpaired) electrons. The second-order valence-corrected chi connectivity index (χ2v) is 6.12. The van der Waals surface area contributed by atoms with Gasteiger partial charge in [-0.1, -0.05) is 0 Å². The van der Waals surface area contributed by atoms with Crippen LogP contribution in [0.3, 0.4) is 0 Å². The molecule has 3 rings (SSSR count). The maximum Gasteiger partial charge on any atom is 0.271 e. The van der Waals surface area contributed by atoms with Gasteiger partial charge in [0.15, 0.2) is 0 Å². The Hall–Kier alpha value is -1.89. The Kier molecular flexibility index (Phi) is 4.15. The molecular weight excluding hydrogens is 282 g/mol. The molecular formula is C15H23N5O2. The van der Waals surface area contributed by atoms with Crippen LogP contribution in [0.4, 0.5) is 0 Å². The first-order valence-corrected chi connectivity index (χ1v) is 7.86. The number of hydrogen-bond donors (Lipinski definition) is 1. The molecule has 7 nitrogen and oxygen atoms in total. The molecule has 3 heterocycles. The molecule has 0 aromatic carbocycles. The van der Waals surface area contributed by atoms with Crippen LogP contribution in [0, 0.1) is 0 Å². The Morgan fingerprint density at radius 3 is 2.86 bits per heavy atom. The van der Waals surface area contributed by atoms with Gasteiger partial charge in [-0.2, -0.15) is 5.10 Å². The molecule has 0 spiro atoms. The molecule has 2 saturated heterocycles. The lowest BCUT2D eigenvalue weighted by molar-refractivity contribution is -0.131. The Bertz CT molecular complexity index is 570. The average Bonchev–Trinajstić information content (AvgIpc) is 3.15. The summed E-state index contributed by atoms with van der Waals surface area (Å²) in [5.74, 6) is 0.0613. The van der Waals surface area contributed by atoms with Crippen LogP contribution in [0.2, 0.25) is 0 Å². The number of amides is 2. The summed E-state index contributed by atoms with van der Waals surface area (Å²) < 4.78 is 1.87. The van der Waals surface area contributed by atoms with Gasteiger partial charge in [-0.25, -0.2) is 0 Å². The fourth-order valence-corrected chi connectivity index (χ4v) is 3.42. The zero-order valence-corrected chi connectivity index (χ0v) is 13.2. The number of likely N-dealkylation sites (tertiary alicyclic amines) is 2. The molecule has 0 unspecified atom stereocenters. The molecule has 7 heteroatoms. The number of nitrogens with one attached hydrogen (secondary N) is 1. The molecule has 1 aromatic rings. The van der Waals surface area contributed by atoms with Gasteiger partial charge in [0.25, 0.3) is 5.91 Å². The lowest BCUT2D eigenvalue weighted by atomic mass is 10.0. The standard InChI is InChI=1S/C15H23N5O2/c1-16-14(21)12-5-9-20(17-12)11-4-3-7-19(10-11)13-6-8-18(2)15(13)22/h5,9,11,13H,3-4,6-8,10H2,1-2H3,(H,16,21)/t11-,13+/m0/s1. The van der Waals surface area contributed by atoms with Crippen LogP contribution >= 0.6 is 0 Å². The molecule has 22 heavy (non-hydrogen) atoms. The van der Waals surface area contributed by atoms with Gasteiger partial charge in [-0.3, -0.25) is 19.2 Å². The van der Waals surface area contributed by atoms with Crippen molar-refractivity contribution < 1.29 is 9.59 Å². The van der Waals surface area contributed by atoms with E-state index >= 15 is 0 Å². The van der Waals surface area contributed by atoms with E-state index < -0.39 is 0 Å².